The number of furan rings is 2. The molecular formula is C65H45NO2. The van der Waals surface area contributed by atoms with E-state index >= 15 is 0 Å². The molecule has 14 rings (SSSR count). The van der Waals surface area contributed by atoms with Crippen molar-refractivity contribution < 1.29 is 8.83 Å². The lowest BCUT2D eigenvalue weighted by Crippen LogP contribution is -2.26. The molecule has 68 heavy (non-hydrogen) atoms. The first kappa shape index (κ1) is 38.8. The molecule has 0 amide bonds. The van der Waals surface area contributed by atoms with Crippen LogP contribution in [0.2, 0.25) is 0 Å². The molecule has 2 heterocycles. The third-order valence-corrected chi connectivity index (χ3v) is 14.8. The first-order chi connectivity index (χ1) is 33.4. The lowest BCUT2D eigenvalue weighted by atomic mass is 9.70. The Balaban J connectivity index is 1.17. The van der Waals surface area contributed by atoms with Crippen LogP contribution in [0, 0.1) is 0 Å². The number of anilines is 3. The van der Waals surface area contributed by atoms with Crippen LogP contribution >= 0.6 is 0 Å². The quantitative estimate of drug-likeness (QED) is 0.173. The summed E-state index contributed by atoms with van der Waals surface area (Å²) in [5.74, 6) is 0. The molecule has 1 spiro atoms. The number of nitrogens with zero attached hydrogens (tertiary/aromatic N) is 1. The zero-order valence-electron chi connectivity index (χ0n) is 38.0. The highest BCUT2D eigenvalue weighted by molar-refractivity contribution is 6.23. The van der Waals surface area contributed by atoms with Crippen molar-refractivity contribution in [2.24, 2.45) is 0 Å². The summed E-state index contributed by atoms with van der Waals surface area (Å²) in [6.45, 7) is 6.85. The second-order valence-corrected chi connectivity index (χ2v) is 19.5. The normalized spacial score (nSPS) is 13.3. The zero-order valence-corrected chi connectivity index (χ0v) is 38.0. The fraction of sp³-hybridized carbons (Fsp3) is 0.0769. The van der Waals surface area contributed by atoms with Crippen LogP contribution in [0.5, 0.6) is 0 Å². The van der Waals surface area contributed by atoms with Crippen LogP contribution < -0.4 is 4.90 Å². The van der Waals surface area contributed by atoms with E-state index in [-0.39, 0.29) is 5.41 Å². The fourth-order valence-corrected chi connectivity index (χ4v) is 11.8. The topological polar surface area (TPSA) is 29.5 Å². The summed E-state index contributed by atoms with van der Waals surface area (Å²) in [4.78, 5) is 2.51. The van der Waals surface area contributed by atoms with Crippen molar-refractivity contribution in [2.45, 2.75) is 31.6 Å². The van der Waals surface area contributed by atoms with Crippen molar-refractivity contribution in [1.29, 1.82) is 0 Å². The van der Waals surface area contributed by atoms with Gasteiger partial charge in [-0.3, -0.25) is 0 Å². The second kappa shape index (κ2) is 14.3. The Bertz CT molecular complexity index is 3950. The number of rotatable bonds is 5. The van der Waals surface area contributed by atoms with E-state index < -0.39 is 5.41 Å². The molecule has 3 nitrogen and oxygen atoms in total. The summed E-state index contributed by atoms with van der Waals surface area (Å²) < 4.78 is 14.5. The van der Waals surface area contributed by atoms with Gasteiger partial charge in [-0.25, -0.2) is 0 Å². The molecule has 10 aromatic carbocycles. The predicted octanol–water partition coefficient (Wildman–Crippen LogP) is 17.9. The van der Waals surface area contributed by atoms with Crippen molar-refractivity contribution in [1.82, 2.24) is 0 Å². The summed E-state index contributed by atoms with van der Waals surface area (Å²) in [6.07, 6.45) is 0. The van der Waals surface area contributed by atoms with E-state index in [0.717, 1.165) is 88.8 Å². The maximum Gasteiger partial charge on any atom is 0.145 e. The number of hydrogen-bond acceptors (Lipinski definition) is 3. The Morgan fingerprint density at radius 3 is 1.65 bits per heavy atom. The van der Waals surface area contributed by atoms with E-state index in [1.54, 1.807) is 0 Å². The third-order valence-electron chi connectivity index (χ3n) is 14.8. The first-order valence-electron chi connectivity index (χ1n) is 23.7. The van der Waals surface area contributed by atoms with Crippen molar-refractivity contribution in [3.05, 3.63) is 246 Å². The molecule has 0 aliphatic heterocycles. The molecule has 12 aromatic rings. The van der Waals surface area contributed by atoms with Crippen molar-refractivity contribution in [2.75, 3.05) is 4.90 Å². The molecule has 3 heteroatoms. The van der Waals surface area contributed by atoms with Crippen LogP contribution in [0.1, 0.15) is 48.6 Å². The zero-order chi connectivity index (χ0) is 45.3. The monoisotopic (exact) mass is 871 g/mol. The van der Waals surface area contributed by atoms with E-state index in [2.05, 4.69) is 244 Å². The molecule has 0 fully saturated rings. The second-order valence-electron chi connectivity index (χ2n) is 19.5. The van der Waals surface area contributed by atoms with Gasteiger partial charge in [0.15, 0.2) is 0 Å². The summed E-state index contributed by atoms with van der Waals surface area (Å²) in [7, 11) is 0. The smallest absolute Gasteiger partial charge is 0.145 e. The highest BCUT2D eigenvalue weighted by Gasteiger charge is 2.54. The Kier molecular flexibility index (Phi) is 8.17. The van der Waals surface area contributed by atoms with Gasteiger partial charge in [-0.15, -0.1) is 0 Å². The van der Waals surface area contributed by atoms with E-state index in [1.165, 1.54) is 44.5 Å². The van der Waals surface area contributed by atoms with Crippen LogP contribution in [0.25, 0.3) is 88.4 Å². The van der Waals surface area contributed by atoms with Crippen molar-refractivity contribution >= 4 is 60.9 Å². The van der Waals surface area contributed by atoms with E-state index in [1.807, 2.05) is 0 Å². The van der Waals surface area contributed by atoms with Gasteiger partial charge in [0.1, 0.15) is 22.3 Å². The Morgan fingerprint density at radius 1 is 0.382 bits per heavy atom. The van der Waals surface area contributed by atoms with E-state index in [0.29, 0.717) is 0 Å². The molecule has 322 valence electrons. The SMILES string of the molecule is CC(C)(C)c1ccc(N(c2ccc(-c3ccccc3)cc2-c2ccccc2)c2cc3c(c4oc5ccccc5c24)-c2c(ccc4c2oc2ccccc24)C32c3ccccc3-c3ccccc32)cc1. The van der Waals surface area contributed by atoms with Gasteiger partial charge in [0.2, 0.25) is 0 Å². The minimum Gasteiger partial charge on any atom is -0.455 e. The van der Waals surface area contributed by atoms with E-state index in [4.69, 9.17) is 8.83 Å². The van der Waals surface area contributed by atoms with Crippen LogP contribution in [-0.2, 0) is 10.8 Å². The summed E-state index contributed by atoms with van der Waals surface area (Å²) >= 11 is 0. The van der Waals surface area contributed by atoms with Gasteiger partial charge in [0.25, 0.3) is 0 Å². The average molecular weight is 872 g/mol. The summed E-state index contributed by atoms with van der Waals surface area (Å²) in [5.41, 5.74) is 21.4. The molecule has 2 aliphatic rings. The molecule has 0 radical (unpaired) electrons. The maximum atomic E-state index is 7.40. The van der Waals surface area contributed by atoms with Gasteiger partial charge < -0.3 is 13.7 Å². The van der Waals surface area contributed by atoms with Crippen LogP contribution in [-0.4, -0.2) is 0 Å². The van der Waals surface area contributed by atoms with Crippen molar-refractivity contribution in [3.63, 3.8) is 0 Å². The Hall–Kier alpha value is -8.40. The minimum atomic E-state index is -0.686. The highest BCUT2D eigenvalue weighted by atomic mass is 16.3. The summed E-state index contributed by atoms with van der Waals surface area (Å²) in [6, 6.07) is 80.0. The third kappa shape index (κ3) is 5.36. The van der Waals surface area contributed by atoms with Gasteiger partial charge in [0.05, 0.1) is 22.2 Å². The number of fused-ring (bicyclic) bond motifs is 18. The minimum absolute atomic E-state index is 0.0269. The first-order valence-corrected chi connectivity index (χ1v) is 23.7. The molecule has 0 bridgehead atoms. The molecule has 2 aromatic heterocycles. The van der Waals surface area contributed by atoms with Gasteiger partial charge in [-0.2, -0.15) is 0 Å². The Labute approximate surface area is 395 Å². The molecule has 0 N–H and O–H groups in total. The Morgan fingerprint density at radius 2 is 0.956 bits per heavy atom. The van der Waals surface area contributed by atoms with Gasteiger partial charge >= 0.3 is 0 Å². The average Bonchev–Trinajstić information content (AvgIpc) is 4.12. The van der Waals surface area contributed by atoms with Crippen LogP contribution in [0.3, 0.4) is 0 Å². The predicted molar refractivity (Wildman–Crippen MR) is 282 cm³/mol. The standard InChI is InChI=1S/C65H45NO2/c1-64(2,3)43-31-33-44(34-32-43)66(55-37-30-42(40-18-6-4-7-19-40)38-50(55)41-20-8-5-9-21-41)56-39-54-61(63-59(56)49-25-13-17-29-58(49)68-63)60-53(36-35-48-47-24-12-16-28-57(47)67-62(48)60)65(54)51-26-14-10-22-45(51)46-23-11-15-27-52(46)65/h4-39H,1-3H3. The lowest BCUT2D eigenvalue weighted by molar-refractivity contribution is 0.590. The lowest BCUT2D eigenvalue weighted by Gasteiger charge is -2.33. The number of hydrogen-bond donors (Lipinski definition) is 0. The van der Waals surface area contributed by atoms with Crippen molar-refractivity contribution in [3.8, 4) is 44.5 Å². The van der Waals surface area contributed by atoms with Crippen LogP contribution in [0.4, 0.5) is 17.1 Å². The molecule has 0 saturated heterocycles. The highest BCUT2D eigenvalue weighted by Crippen LogP contribution is 2.67. The van der Waals surface area contributed by atoms with Gasteiger partial charge in [0, 0.05) is 38.5 Å². The molecule has 0 unspecified atom stereocenters. The molecule has 0 atom stereocenters. The van der Waals surface area contributed by atoms with Crippen LogP contribution in [0.15, 0.2) is 227 Å². The maximum absolute atomic E-state index is 7.40. The van der Waals surface area contributed by atoms with Gasteiger partial charge in [-0.1, -0.05) is 197 Å². The molecule has 0 saturated carbocycles. The fourth-order valence-electron chi connectivity index (χ4n) is 11.8. The number of para-hydroxylation sites is 2. The largest absolute Gasteiger partial charge is 0.455 e. The van der Waals surface area contributed by atoms with E-state index in [9.17, 15) is 0 Å². The molecule has 2 aliphatic carbocycles. The van der Waals surface area contributed by atoms with Gasteiger partial charge in [-0.05, 0) is 104 Å². The molecular weight excluding hydrogens is 827 g/mol. The summed E-state index contributed by atoms with van der Waals surface area (Å²) in [5, 5.41) is 4.32. The number of benzene rings is 10.